The molecule has 0 bridgehead atoms. The molecule has 2 unspecified atom stereocenters. The standard InChI is InChI=1S/C9H19NO.C2H6/c1-3-9-4-5-10(6-7-11)8(9)2;1-2/h8-9,11H,3-7H2,1-2H3;1-2H3. The first-order valence-corrected chi connectivity index (χ1v) is 5.64. The highest BCUT2D eigenvalue weighted by atomic mass is 16.3. The number of likely N-dealkylation sites (tertiary alicyclic amines) is 1. The quantitative estimate of drug-likeness (QED) is 0.731. The first-order chi connectivity index (χ1) is 6.29. The zero-order chi connectivity index (χ0) is 10.3. The smallest absolute Gasteiger partial charge is 0.0558 e. The normalized spacial score (nSPS) is 28.4. The van der Waals surface area contributed by atoms with Gasteiger partial charge in [-0.1, -0.05) is 27.2 Å². The Labute approximate surface area is 82.9 Å². The van der Waals surface area contributed by atoms with Crippen LogP contribution in [0.5, 0.6) is 0 Å². The van der Waals surface area contributed by atoms with Crippen molar-refractivity contribution in [1.82, 2.24) is 4.90 Å². The summed E-state index contributed by atoms with van der Waals surface area (Å²) in [6.45, 7) is 10.9. The molecule has 0 saturated carbocycles. The summed E-state index contributed by atoms with van der Waals surface area (Å²) in [5, 5.41) is 8.76. The van der Waals surface area contributed by atoms with E-state index in [4.69, 9.17) is 5.11 Å². The molecule has 1 N–H and O–H groups in total. The molecule has 0 spiro atoms. The zero-order valence-corrected chi connectivity index (χ0v) is 9.58. The van der Waals surface area contributed by atoms with Crippen molar-refractivity contribution in [2.75, 3.05) is 19.7 Å². The van der Waals surface area contributed by atoms with Gasteiger partial charge in [-0.05, 0) is 25.8 Å². The van der Waals surface area contributed by atoms with Gasteiger partial charge < -0.3 is 5.11 Å². The van der Waals surface area contributed by atoms with E-state index in [0.29, 0.717) is 12.6 Å². The fraction of sp³-hybridized carbons (Fsp3) is 1.00. The van der Waals surface area contributed by atoms with Crippen LogP contribution in [0.3, 0.4) is 0 Å². The van der Waals surface area contributed by atoms with E-state index in [9.17, 15) is 0 Å². The molecule has 2 atom stereocenters. The molecule has 1 aliphatic heterocycles. The molecule has 80 valence electrons. The molecular weight excluding hydrogens is 162 g/mol. The van der Waals surface area contributed by atoms with Gasteiger partial charge in [-0.25, -0.2) is 0 Å². The molecule has 1 heterocycles. The Kier molecular flexibility index (Phi) is 7.29. The van der Waals surface area contributed by atoms with Gasteiger partial charge in [-0.3, -0.25) is 4.90 Å². The summed E-state index contributed by atoms with van der Waals surface area (Å²) in [4.78, 5) is 2.38. The lowest BCUT2D eigenvalue weighted by molar-refractivity contribution is 0.179. The van der Waals surface area contributed by atoms with E-state index in [1.807, 2.05) is 13.8 Å². The van der Waals surface area contributed by atoms with Crippen LogP contribution in [0.2, 0.25) is 0 Å². The van der Waals surface area contributed by atoms with Crippen LogP contribution in [0, 0.1) is 5.92 Å². The second-order valence-corrected chi connectivity index (χ2v) is 3.46. The number of hydrogen-bond donors (Lipinski definition) is 1. The highest BCUT2D eigenvalue weighted by molar-refractivity contribution is 4.82. The van der Waals surface area contributed by atoms with Crippen molar-refractivity contribution in [1.29, 1.82) is 0 Å². The zero-order valence-electron chi connectivity index (χ0n) is 9.58. The van der Waals surface area contributed by atoms with Gasteiger partial charge >= 0.3 is 0 Å². The molecule has 1 saturated heterocycles. The highest BCUT2D eigenvalue weighted by Gasteiger charge is 2.28. The molecule has 0 aromatic heterocycles. The minimum atomic E-state index is 0.306. The maximum absolute atomic E-state index is 8.76. The van der Waals surface area contributed by atoms with E-state index >= 15 is 0 Å². The monoisotopic (exact) mass is 187 g/mol. The van der Waals surface area contributed by atoms with Gasteiger partial charge in [-0.15, -0.1) is 0 Å². The number of aliphatic hydroxyl groups excluding tert-OH is 1. The summed E-state index contributed by atoms with van der Waals surface area (Å²) in [6.07, 6.45) is 2.60. The number of rotatable bonds is 3. The Balaban J connectivity index is 0.000000671. The molecule has 0 amide bonds. The van der Waals surface area contributed by atoms with Crippen LogP contribution >= 0.6 is 0 Å². The number of nitrogens with zero attached hydrogens (tertiary/aromatic N) is 1. The topological polar surface area (TPSA) is 23.5 Å². The van der Waals surface area contributed by atoms with E-state index in [2.05, 4.69) is 18.7 Å². The Morgan fingerprint density at radius 1 is 1.38 bits per heavy atom. The summed E-state index contributed by atoms with van der Waals surface area (Å²) < 4.78 is 0. The molecule has 2 heteroatoms. The van der Waals surface area contributed by atoms with Crippen molar-refractivity contribution >= 4 is 0 Å². The van der Waals surface area contributed by atoms with E-state index < -0.39 is 0 Å². The molecule has 13 heavy (non-hydrogen) atoms. The highest BCUT2D eigenvalue weighted by Crippen LogP contribution is 2.25. The molecule has 1 fully saturated rings. The lowest BCUT2D eigenvalue weighted by Crippen LogP contribution is -2.32. The summed E-state index contributed by atoms with van der Waals surface area (Å²) in [7, 11) is 0. The van der Waals surface area contributed by atoms with Crippen molar-refractivity contribution in [3.63, 3.8) is 0 Å². The number of β-amino-alcohol motifs (C(OH)–C–C–N with tert-alkyl or cyclic N) is 1. The summed E-state index contributed by atoms with van der Waals surface area (Å²) in [5.41, 5.74) is 0. The van der Waals surface area contributed by atoms with Crippen molar-refractivity contribution in [2.45, 2.75) is 46.6 Å². The average molecular weight is 187 g/mol. The van der Waals surface area contributed by atoms with Crippen molar-refractivity contribution < 1.29 is 5.11 Å². The van der Waals surface area contributed by atoms with E-state index in [1.54, 1.807) is 0 Å². The molecule has 1 aliphatic rings. The molecule has 0 aromatic rings. The summed E-state index contributed by atoms with van der Waals surface area (Å²) in [6, 6.07) is 0.687. The molecule has 1 rings (SSSR count). The van der Waals surface area contributed by atoms with Gasteiger partial charge in [0.1, 0.15) is 0 Å². The maximum atomic E-state index is 8.76. The molecular formula is C11H25NO. The number of aliphatic hydroxyl groups is 1. The van der Waals surface area contributed by atoms with Crippen LogP contribution in [0.25, 0.3) is 0 Å². The van der Waals surface area contributed by atoms with Gasteiger partial charge in [0, 0.05) is 12.6 Å². The second-order valence-electron chi connectivity index (χ2n) is 3.46. The number of hydrogen-bond acceptors (Lipinski definition) is 2. The minimum Gasteiger partial charge on any atom is -0.395 e. The van der Waals surface area contributed by atoms with Crippen molar-refractivity contribution in [3.05, 3.63) is 0 Å². The third-order valence-corrected chi connectivity index (χ3v) is 2.96. The first-order valence-electron chi connectivity index (χ1n) is 5.64. The third kappa shape index (κ3) is 3.65. The van der Waals surface area contributed by atoms with E-state index in [0.717, 1.165) is 12.5 Å². The van der Waals surface area contributed by atoms with Crippen LogP contribution in [0.4, 0.5) is 0 Å². The fourth-order valence-corrected chi connectivity index (χ4v) is 2.06. The van der Waals surface area contributed by atoms with Crippen LogP contribution in [-0.2, 0) is 0 Å². The summed E-state index contributed by atoms with van der Waals surface area (Å²) >= 11 is 0. The third-order valence-electron chi connectivity index (χ3n) is 2.96. The van der Waals surface area contributed by atoms with Gasteiger partial charge in [0.05, 0.1) is 6.61 Å². The van der Waals surface area contributed by atoms with Crippen LogP contribution in [-0.4, -0.2) is 35.7 Å². The van der Waals surface area contributed by atoms with Crippen LogP contribution in [0.15, 0.2) is 0 Å². The molecule has 0 radical (unpaired) electrons. The Bertz CT molecular complexity index is 117. The molecule has 2 nitrogen and oxygen atoms in total. The molecule has 0 aliphatic carbocycles. The summed E-state index contributed by atoms with van der Waals surface area (Å²) in [5.74, 6) is 0.863. The SMILES string of the molecule is CC.CCC1CCN(CCO)C1C. The van der Waals surface area contributed by atoms with Crippen molar-refractivity contribution in [2.24, 2.45) is 5.92 Å². The Morgan fingerprint density at radius 2 is 2.00 bits per heavy atom. The largest absolute Gasteiger partial charge is 0.395 e. The van der Waals surface area contributed by atoms with Gasteiger partial charge in [0.15, 0.2) is 0 Å². The lowest BCUT2D eigenvalue weighted by Gasteiger charge is -2.22. The van der Waals surface area contributed by atoms with Crippen molar-refractivity contribution in [3.8, 4) is 0 Å². The van der Waals surface area contributed by atoms with E-state index in [-0.39, 0.29) is 0 Å². The fourth-order valence-electron chi connectivity index (χ4n) is 2.06. The van der Waals surface area contributed by atoms with Crippen LogP contribution in [0.1, 0.15) is 40.5 Å². The predicted molar refractivity (Wildman–Crippen MR) is 57.9 cm³/mol. The maximum Gasteiger partial charge on any atom is 0.0558 e. The molecule has 0 aromatic carbocycles. The second kappa shape index (κ2) is 7.34. The van der Waals surface area contributed by atoms with Gasteiger partial charge in [-0.2, -0.15) is 0 Å². The predicted octanol–water partition coefficient (Wildman–Crippen LogP) is 2.13. The Hall–Kier alpha value is -0.0800. The van der Waals surface area contributed by atoms with Gasteiger partial charge in [0.25, 0.3) is 0 Å². The average Bonchev–Trinajstić information content (AvgIpc) is 2.52. The lowest BCUT2D eigenvalue weighted by atomic mass is 9.99. The van der Waals surface area contributed by atoms with Crippen LogP contribution < -0.4 is 0 Å². The van der Waals surface area contributed by atoms with E-state index in [1.165, 1.54) is 19.4 Å². The minimum absolute atomic E-state index is 0.306. The first kappa shape index (κ1) is 12.9. The Morgan fingerprint density at radius 3 is 2.38 bits per heavy atom. The van der Waals surface area contributed by atoms with Gasteiger partial charge in [0.2, 0.25) is 0 Å².